The number of allylic oxidation sites excluding steroid dienone is 2. The number of rotatable bonds is 3. The molecule has 1 amide bonds. The molecular weight excluding hydrogens is 330 g/mol. The zero-order valence-corrected chi connectivity index (χ0v) is 14.3. The van der Waals surface area contributed by atoms with Crippen LogP contribution in [0.15, 0.2) is 54.6 Å². The van der Waals surface area contributed by atoms with E-state index in [1.165, 1.54) is 13.0 Å². The van der Waals surface area contributed by atoms with Gasteiger partial charge in [-0.25, -0.2) is 0 Å². The van der Waals surface area contributed by atoms with Gasteiger partial charge in [-0.1, -0.05) is 24.3 Å². The fourth-order valence-corrected chi connectivity index (χ4v) is 4.04. The third kappa shape index (κ3) is 2.83. The van der Waals surface area contributed by atoms with E-state index in [0.29, 0.717) is 0 Å². The molecule has 4 rings (SSSR count). The average molecular weight is 349 g/mol. The van der Waals surface area contributed by atoms with Gasteiger partial charge < -0.3 is 10.6 Å². The predicted molar refractivity (Wildman–Crippen MR) is 100 cm³/mol. The van der Waals surface area contributed by atoms with Gasteiger partial charge in [0.1, 0.15) is 0 Å². The van der Waals surface area contributed by atoms with Crippen LogP contribution in [-0.2, 0) is 4.79 Å². The molecule has 2 aliphatic rings. The number of hydrogen-bond acceptors (Lipinski definition) is 4. The van der Waals surface area contributed by atoms with Crippen molar-refractivity contribution in [1.82, 2.24) is 0 Å². The third-order valence-electron chi connectivity index (χ3n) is 5.12. The highest BCUT2D eigenvalue weighted by molar-refractivity contribution is 5.89. The minimum Gasteiger partial charge on any atom is -0.378 e. The van der Waals surface area contributed by atoms with Gasteiger partial charge in [-0.15, -0.1) is 0 Å². The molecule has 0 radical (unpaired) electrons. The van der Waals surface area contributed by atoms with Crippen molar-refractivity contribution in [3.8, 4) is 0 Å². The lowest BCUT2D eigenvalue weighted by molar-refractivity contribution is -0.384. The van der Waals surface area contributed by atoms with E-state index >= 15 is 0 Å². The lowest BCUT2D eigenvalue weighted by Gasteiger charge is -2.37. The summed E-state index contributed by atoms with van der Waals surface area (Å²) in [6, 6.07) is 12.7. The highest BCUT2D eigenvalue weighted by Gasteiger charge is 2.38. The molecule has 3 atom stereocenters. The Bertz CT molecular complexity index is 922. The standard InChI is InChI=1S/C20H19N3O3/c1-12(24)21-14-8-9-19-18(11-14)16-6-3-7-17(16)20(22-19)13-4-2-5-15(10-13)23(25)26/h2-6,8-11,16-17,20,22H,7H2,1H3,(H,21,24)/t16-,17+,20+/m1/s1. The summed E-state index contributed by atoms with van der Waals surface area (Å²) in [5.74, 6) is 0.419. The molecule has 2 N–H and O–H groups in total. The molecule has 0 fully saturated rings. The number of amides is 1. The van der Waals surface area contributed by atoms with Crippen LogP contribution in [0.4, 0.5) is 17.1 Å². The van der Waals surface area contributed by atoms with Gasteiger partial charge in [-0.05, 0) is 41.7 Å². The number of nitro benzene ring substituents is 1. The molecule has 1 heterocycles. The van der Waals surface area contributed by atoms with E-state index in [9.17, 15) is 14.9 Å². The zero-order valence-electron chi connectivity index (χ0n) is 14.3. The van der Waals surface area contributed by atoms with E-state index < -0.39 is 0 Å². The predicted octanol–water partition coefficient (Wildman–Crippen LogP) is 4.38. The third-order valence-corrected chi connectivity index (χ3v) is 5.12. The van der Waals surface area contributed by atoms with Crippen LogP contribution in [0.25, 0.3) is 0 Å². The normalized spacial score (nSPS) is 22.9. The number of hydrogen-bond donors (Lipinski definition) is 2. The van der Waals surface area contributed by atoms with Gasteiger partial charge in [0.2, 0.25) is 5.91 Å². The molecule has 0 aromatic heterocycles. The first kappa shape index (κ1) is 16.3. The lowest BCUT2D eigenvalue weighted by atomic mass is 9.77. The summed E-state index contributed by atoms with van der Waals surface area (Å²) in [5.41, 5.74) is 3.97. The molecule has 0 saturated heterocycles. The first-order valence-corrected chi connectivity index (χ1v) is 8.62. The summed E-state index contributed by atoms with van der Waals surface area (Å²) in [4.78, 5) is 22.1. The molecule has 132 valence electrons. The molecule has 1 aliphatic carbocycles. The first-order valence-electron chi connectivity index (χ1n) is 8.62. The summed E-state index contributed by atoms with van der Waals surface area (Å²) in [5, 5.41) is 17.5. The van der Waals surface area contributed by atoms with Crippen molar-refractivity contribution >= 4 is 23.0 Å². The molecule has 2 aromatic carbocycles. The van der Waals surface area contributed by atoms with Gasteiger partial charge in [0, 0.05) is 36.3 Å². The molecule has 1 aliphatic heterocycles. The molecule has 0 spiro atoms. The molecule has 6 nitrogen and oxygen atoms in total. The van der Waals surface area contributed by atoms with Crippen LogP contribution in [0.3, 0.4) is 0 Å². The van der Waals surface area contributed by atoms with Gasteiger partial charge in [0.25, 0.3) is 5.69 Å². The number of nitrogens with zero attached hydrogens (tertiary/aromatic N) is 1. The smallest absolute Gasteiger partial charge is 0.269 e. The Labute approximate surface area is 151 Å². The summed E-state index contributed by atoms with van der Waals surface area (Å²) in [6.45, 7) is 1.49. The number of benzene rings is 2. The number of carbonyl (C=O) groups is 1. The molecule has 0 bridgehead atoms. The summed E-state index contributed by atoms with van der Waals surface area (Å²) < 4.78 is 0. The van der Waals surface area contributed by atoms with E-state index in [1.807, 2.05) is 24.3 Å². The van der Waals surface area contributed by atoms with E-state index in [-0.39, 0.29) is 34.4 Å². The van der Waals surface area contributed by atoms with Gasteiger partial charge in [0.15, 0.2) is 0 Å². The topological polar surface area (TPSA) is 84.3 Å². The maximum Gasteiger partial charge on any atom is 0.269 e. The van der Waals surface area contributed by atoms with Crippen LogP contribution in [-0.4, -0.2) is 10.8 Å². The Balaban J connectivity index is 1.72. The van der Waals surface area contributed by atoms with Gasteiger partial charge in [0.05, 0.1) is 11.0 Å². The maximum absolute atomic E-state index is 11.3. The van der Waals surface area contributed by atoms with Crippen molar-refractivity contribution in [2.24, 2.45) is 5.92 Å². The summed E-state index contributed by atoms with van der Waals surface area (Å²) >= 11 is 0. The highest BCUT2D eigenvalue weighted by atomic mass is 16.6. The monoisotopic (exact) mass is 349 g/mol. The molecule has 0 unspecified atom stereocenters. The van der Waals surface area contributed by atoms with Gasteiger partial charge in [-0.3, -0.25) is 14.9 Å². The van der Waals surface area contributed by atoms with Crippen LogP contribution in [0.2, 0.25) is 0 Å². The van der Waals surface area contributed by atoms with Crippen molar-refractivity contribution < 1.29 is 9.72 Å². The molecule has 6 heteroatoms. The fraction of sp³-hybridized carbons (Fsp3) is 0.250. The second-order valence-electron chi connectivity index (χ2n) is 6.81. The van der Waals surface area contributed by atoms with Crippen LogP contribution in [0.5, 0.6) is 0 Å². The largest absolute Gasteiger partial charge is 0.378 e. The number of anilines is 2. The van der Waals surface area contributed by atoms with Gasteiger partial charge in [-0.2, -0.15) is 0 Å². The number of nitro groups is 1. The number of non-ortho nitro benzene ring substituents is 1. The van der Waals surface area contributed by atoms with Gasteiger partial charge >= 0.3 is 0 Å². The van der Waals surface area contributed by atoms with E-state index in [0.717, 1.165) is 28.9 Å². The average Bonchev–Trinajstić information content (AvgIpc) is 3.11. The minimum absolute atomic E-state index is 0.00835. The van der Waals surface area contributed by atoms with E-state index in [1.54, 1.807) is 12.1 Å². The van der Waals surface area contributed by atoms with Crippen LogP contribution in [0.1, 0.15) is 36.4 Å². The van der Waals surface area contributed by atoms with Crippen molar-refractivity contribution in [3.05, 3.63) is 75.9 Å². The second kappa shape index (κ2) is 6.29. The Hall–Kier alpha value is -3.15. The Morgan fingerprint density at radius 1 is 1.27 bits per heavy atom. The fourth-order valence-electron chi connectivity index (χ4n) is 4.04. The quantitative estimate of drug-likeness (QED) is 0.489. The zero-order chi connectivity index (χ0) is 18.3. The Kier molecular flexibility index (Phi) is 3.95. The molecule has 26 heavy (non-hydrogen) atoms. The molecule has 0 saturated carbocycles. The summed E-state index contributed by atoms with van der Waals surface area (Å²) in [6.07, 6.45) is 5.28. The lowest BCUT2D eigenvalue weighted by Crippen LogP contribution is -2.29. The van der Waals surface area contributed by atoms with Crippen LogP contribution in [0, 0.1) is 16.0 Å². The summed E-state index contributed by atoms with van der Waals surface area (Å²) in [7, 11) is 0. The first-order chi connectivity index (χ1) is 12.5. The van der Waals surface area contributed by atoms with Crippen molar-refractivity contribution in [3.63, 3.8) is 0 Å². The van der Waals surface area contributed by atoms with Crippen LogP contribution < -0.4 is 10.6 Å². The van der Waals surface area contributed by atoms with Crippen molar-refractivity contribution in [1.29, 1.82) is 0 Å². The SMILES string of the molecule is CC(=O)Nc1ccc2c(c1)[C@@H]1C=CC[C@@H]1[C@H](c1cccc([N+](=O)[O-])c1)N2. The molecule has 2 aromatic rings. The molecular formula is C20H19N3O3. The number of carbonyl (C=O) groups excluding carboxylic acids is 1. The number of fused-ring (bicyclic) bond motifs is 3. The van der Waals surface area contributed by atoms with E-state index in [2.05, 4.69) is 22.8 Å². The number of nitrogens with one attached hydrogen (secondary N) is 2. The Morgan fingerprint density at radius 2 is 2.12 bits per heavy atom. The van der Waals surface area contributed by atoms with E-state index in [4.69, 9.17) is 0 Å². The highest BCUT2D eigenvalue weighted by Crippen LogP contribution is 2.50. The Morgan fingerprint density at radius 3 is 2.88 bits per heavy atom. The minimum atomic E-state index is -0.357. The second-order valence-corrected chi connectivity index (χ2v) is 6.81. The van der Waals surface area contributed by atoms with Crippen molar-refractivity contribution in [2.75, 3.05) is 10.6 Å². The maximum atomic E-state index is 11.3. The van der Waals surface area contributed by atoms with Crippen molar-refractivity contribution in [2.45, 2.75) is 25.3 Å². The van der Waals surface area contributed by atoms with Crippen LogP contribution >= 0.6 is 0 Å².